The van der Waals surface area contributed by atoms with Crippen LogP contribution in [0.15, 0.2) is 53.4 Å². The predicted molar refractivity (Wildman–Crippen MR) is 104 cm³/mol. The van der Waals surface area contributed by atoms with E-state index in [9.17, 15) is 13.2 Å². The van der Waals surface area contributed by atoms with E-state index < -0.39 is 10.0 Å². The first kappa shape index (κ1) is 19.2. The molecule has 1 aliphatic heterocycles. The first-order valence-electron chi connectivity index (χ1n) is 8.67. The zero-order valence-electron chi connectivity index (χ0n) is 15.4. The van der Waals surface area contributed by atoms with Crippen LogP contribution in [-0.4, -0.2) is 56.9 Å². The Morgan fingerprint density at radius 1 is 0.963 bits per heavy atom. The van der Waals surface area contributed by atoms with Crippen LogP contribution in [0, 0.1) is 6.92 Å². The molecule has 0 aliphatic carbocycles. The summed E-state index contributed by atoms with van der Waals surface area (Å²) in [7, 11) is -2.05. The number of methoxy groups -OCH3 is 1. The predicted octanol–water partition coefficient (Wildman–Crippen LogP) is 2.54. The molecule has 1 fully saturated rings. The Morgan fingerprint density at radius 2 is 1.56 bits per heavy atom. The van der Waals surface area contributed by atoms with Crippen molar-refractivity contribution in [3.8, 4) is 5.75 Å². The van der Waals surface area contributed by atoms with Crippen LogP contribution in [0.25, 0.3) is 0 Å². The Balaban J connectivity index is 1.60. The molecule has 0 unspecified atom stereocenters. The molecule has 0 aromatic heterocycles. The molecule has 7 nitrogen and oxygen atoms in total. The maximum atomic E-state index is 12.8. The number of rotatable bonds is 4. The second-order valence-corrected chi connectivity index (χ2v) is 8.30. The van der Waals surface area contributed by atoms with Gasteiger partial charge in [-0.2, -0.15) is 4.31 Å². The molecule has 8 heteroatoms. The summed E-state index contributed by atoms with van der Waals surface area (Å²) in [6, 6.07) is 13.6. The standard InChI is InChI=1S/C19H23N3O4S/c1-15-3-5-16(6-4-15)20-19(23)21-11-13-22(14-12-21)27(24,25)18-9-7-17(26-2)8-10-18/h3-10H,11-14H2,1-2H3,(H,20,23). The highest BCUT2D eigenvalue weighted by molar-refractivity contribution is 7.89. The van der Waals surface area contributed by atoms with Crippen LogP contribution in [-0.2, 0) is 10.0 Å². The average Bonchev–Trinajstić information content (AvgIpc) is 2.70. The Kier molecular flexibility index (Phi) is 5.67. The van der Waals surface area contributed by atoms with Gasteiger partial charge in [-0.25, -0.2) is 13.2 Å². The number of aryl methyl sites for hydroxylation is 1. The van der Waals surface area contributed by atoms with E-state index in [0.717, 1.165) is 11.3 Å². The number of urea groups is 1. The van der Waals surface area contributed by atoms with Gasteiger partial charge in [-0.05, 0) is 43.3 Å². The summed E-state index contributed by atoms with van der Waals surface area (Å²) >= 11 is 0. The summed E-state index contributed by atoms with van der Waals surface area (Å²) in [4.78, 5) is 14.2. The quantitative estimate of drug-likeness (QED) is 0.872. The van der Waals surface area contributed by atoms with Gasteiger partial charge in [0.1, 0.15) is 5.75 Å². The van der Waals surface area contributed by atoms with E-state index in [2.05, 4.69) is 5.32 Å². The summed E-state index contributed by atoms with van der Waals surface area (Å²) in [6.07, 6.45) is 0. The Bertz CT molecular complexity index is 888. The molecule has 27 heavy (non-hydrogen) atoms. The fourth-order valence-electron chi connectivity index (χ4n) is 2.87. The van der Waals surface area contributed by atoms with Crippen molar-refractivity contribution >= 4 is 21.7 Å². The van der Waals surface area contributed by atoms with Crippen LogP contribution in [0.3, 0.4) is 0 Å². The van der Waals surface area contributed by atoms with Gasteiger partial charge in [0.05, 0.1) is 12.0 Å². The summed E-state index contributed by atoms with van der Waals surface area (Å²) < 4.78 is 32.0. The first-order chi connectivity index (χ1) is 12.9. The number of carbonyl (C=O) groups is 1. The number of hydrogen-bond donors (Lipinski definition) is 1. The summed E-state index contributed by atoms with van der Waals surface area (Å²) in [5.74, 6) is 0.603. The number of hydrogen-bond acceptors (Lipinski definition) is 4. The molecule has 3 rings (SSSR count). The van der Waals surface area contributed by atoms with Crippen LogP contribution in [0.1, 0.15) is 5.56 Å². The maximum Gasteiger partial charge on any atom is 0.321 e. The van der Waals surface area contributed by atoms with Gasteiger partial charge < -0.3 is 15.0 Å². The van der Waals surface area contributed by atoms with Crippen molar-refractivity contribution in [2.45, 2.75) is 11.8 Å². The van der Waals surface area contributed by atoms with Gasteiger partial charge in [-0.15, -0.1) is 0 Å². The Morgan fingerprint density at radius 3 is 2.11 bits per heavy atom. The van der Waals surface area contributed by atoms with E-state index in [-0.39, 0.29) is 24.0 Å². The van der Waals surface area contributed by atoms with Crippen molar-refractivity contribution < 1.29 is 17.9 Å². The van der Waals surface area contributed by atoms with Crippen LogP contribution in [0.2, 0.25) is 0 Å². The van der Waals surface area contributed by atoms with Crippen LogP contribution in [0.4, 0.5) is 10.5 Å². The number of anilines is 1. The van der Waals surface area contributed by atoms with Gasteiger partial charge in [0.15, 0.2) is 0 Å². The highest BCUT2D eigenvalue weighted by Gasteiger charge is 2.30. The van der Waals surface area contributed by atoms with Crippen molar-refractivity contribution in [3.05, 3.63) is 54.1 Å². The second-order valence-electron chi connectivity index (χ2n) is 6.36. The lowest BCUT2D eigenvalue weighted by molar-refractivity contribution is 0.184. The van der Waals surface area contributed by atoms with Gasteiger partial charge in [0.2, 0.25) is 10.0 Å². The second kappa shape index (κ2) is 7.98. The molecule has 1 heterocycles. The lowest BCUT2D eigenvalue weighted by Crippen LogP contribution is -2.51. The fourth-order valence-corrected chi connectivity index (χ4v) is 4.29. The van der Waals surface area contributed by atoms with Gasteiger partial charge in [0.25, 0.3) is 0 Å². The number of carbonyl (C=O) groups excluding carboxylic acids is 1. The molecule has 2 amide bonds. The molecule has 144 valence electrons. The molecule has 0 radical (unpaired) electrons. The number of amides is 2. The van der Waals surface area contributed by atoms with Crippen LogP contribution in [0.5, 0.6) is 5.75 Å². The third-order valence-electron chi connectivity index (χ3n) is 4.53. The molecule has 1 N–H and O–H groups in total. The van der Waals surface area contributed by atoms with Crippen molar-refractivity contribution in [1.82, 2.24) is 9.21 Å². The van der Waals surface area contributed by atoms with E-state index in [0.29, 0.717) is 18.8 Å². The van der Waals surface area contributed by atoms with E-state index in [1.54, 1.807) is 17.0 Å². The molecule has 0 spiro atoms. The number of ether oxygens (including phenoxy) is 1. The summed E-state index contributed by atoms with van der Waals surface area (Å²) in [6.45, 7) is 3.18. The molecule has 1 aliphatic rings. The lowest BCUT2D eigenvalue weighted by atomic mass is 10.2. The van der Waals surface area contributed by atoms with E-state index in [1.165, 1.54) is 23.5 Å². The number of sulfonamides is 1. The molecule has 0 atom stereocenters. The summed E-state index contributed by atoms with van der Waals surface area (Å²) in [5.41, 5.74) is 1.84. The fraction of sp³-hybridized carbons (Fsp3) is 0.316. The minimum Gasteiger partial charge on any atom is -0.497 e. The largest absolute Gasteiger partial charge is 0.497 e. The first-order valence-corrected chi connectivity index (χ1v) is 10.1. The summed E-state index contributed by atoms with van der Waals surface area (Å²) in [5, 5.41) is 2.84. The molecular weight excluding hydrogens is 366 g/mol. The number of nitrogens with one attached hydrogen (secondary N) is 1. The Hall–Kier alpha value is -2.58. The monoisotopic (exact) mass is 389 g/mol. The SMILES string of the molecule is COc1ccc(S(=O)(=O)N2CCN(C(=O)Nc3ccc(C)cc3)CC2)cc1. The van der Waals surface area contributed by atoms with Crippen molar-refractivity contribution in [2.24, 2.45) is 0 Å². The van der Waals surface area contributed by atoms with E-state index >= 15 is 0 Å². The van der Waals surface area contributed by atoms with Crippen molar-refractivity contribution in [3.63, 3.8) is 0 Å². The minimum atomic E-state index is -3.58. The minimum absolute atomic E-state index is 0.222. The van der Waals surface area contributed by atoms with Gasteiger partial charge in [0, 0.05) is 31.9 Å². The molecule has 0 saturated carbocycles. The number of benzene rings is 2. The van der Waals surface area contributed by atoms with Gasteiger partial charge >= 0.3 is 6.03 Å². The topological polar surface area (TPSA) is 79.0 Å². The normalized spacial score (nSPS) is 15.4. The molecule has 2 aromatic rings. The van der Waals surface area contributed by atoms with Crippen molar-refractivity contribution in [1.29, 1.82) is 0 Å². The van der Waals surface area contributed by atoms with Gasteiger partial charge in [-0.1, -0.05) is 17.7 Å². The zero-order chi connectivity index (χ0) is 19.4. The maximum absolute atomic E-state index is 12.8. The van der Waals surface area contributed by atoms with E-state index in [4.69, 9.17) is 4.74 Å². The molecule has 0 bridgehead atoms. The number of nitrogens with zero attached hydrogens (tertiary/aromatic N) is 2. The van der Waals surface area contributed by atoms with Crippen LogP contribution < -0.4 is 10.1 Å². The zero-order valence-corrected chi connectivity index (χ0v) is 16.2. The Labute approximate surface area is 159 Å². The highest BCUT2D eigenvalue weighted by Crippen LogP contribution is 2.21. The third kappa shape index (κ3) is 4.40. The van der Waals surface area contributed by atoms with E-state index in [1.807, 2.05) is 31.2 Å². The average molecular weight is 389 g/mol. The molecule has 2 aromatic carbocycles. The molecule has 1 saturated heterocycles. The molecular formula is C19H23N3O4S. The van der Waals surface area contributed by atoms with Gasteiger partial charge in [-0.3, -0.25) is 0 Å². The van der Waals surface area contributed by atoms with Crippen molar-refractivity contribution in [2.75, 3.05) is 38.6 Å². The van der Waals surface area contributed by atoms with Crippen LogP contribution >= 0.6 is 0 Å². The lowest BCUT2D eigenvalue weighted by Gasteiger charge is -2.34. The number of piperazine rings is 1. The smallest absolute Gasteiger partial charge is 0.321 e. The third-order valence-corrected chi connectivity index (χ3v) is 6.44. The highest BCUT2D eigenvalue weighted by atomic mass is 32.2.